The van der Waals surface area contributed by atoms with Gasteiger partial charge in [0.15, 0.2) is 0 Å². The molecule has 3 N–H and O–H groups in total. The van der Waals surface area contributed by atoms with Crippen LogP contribution in [0, 0.1) is 11.7 Å². The molecule has 0 aliphatic carbocycles. The summed E-state index contributed by atoms with van der Waals surface area (Å²) in [5, 5.41) is 3.00. The van der Waals surface area contributed by atoms with Gasteiger partial charge in [-0.1, -0.05) is 62.4 Å². The maximum absolute atomic E-state index is 14.1. The summed E-state index contributed by atoms with van der Waals surface area (Å²) in [7, 11) is 0. The van der Waals surface area contributed by atoms with Crippen molar-refractivity contribution in [1.82, 2.24) is 16.2 Å². The van der Waals surface area contributed by atoms with Crippen LogP contribution in [0.15, 0.2) is 54.6 Å². The minimum atomic E-state index is -0.483. The van der Waals surface area contributed by atoms with Gasteiger partial charge >= 0.3 is 0 Å². The molecule has 2 aromatic carbocycles. The van der Waals surface area contributed by atoms with Crippen LogP contribution in [0.5, 0.6) is 0 Å². The Labute approximate surface area is 147 Å². The maximum atomic E-state index is 14.1. The van der Waals surface area contributed by atoms with Gasteiger partial charge in [-0.2, -0.15) is 0 Å². The normalized spacial score (nSPS) is 20.4. The van der Waals surface area contributed by atoms with Crippen molar-refractivity contribution < 1.29 is 9.18 Å². The van der Waals surface area contributed by atoms with Crippen molar-refractivity contribution >= 4 is 5.91 Å². The molecule has 132 valence electrons. The lowest BCUT2D eigenvalue weighted by Crippen LogP contribution is -2.42. The summed E-state index contributed by atoms with van der Waals surface area (Å²) < 4.78 is 14.1. The van der Waals surface area contributed by atoms with Crippen molar-refractivity contribution in [3.63, 3.8) is 0 Å². The second-order valence-corrected chi connectivity index (χ2v) is 7.10. The lowest BCUT2D eigenvalue weighted by Gasteiger charge is -2.27. The van der Waals surface area contributed by atoms with Gasteiger partial charge in [0.2, 0.25) is 5.91 Å². The largest absolute Gasteiger partial charge is 0.355 e. The fourth-order valence-corrected chi connectivity index (χ4v) is 3.26. The van der Waals surface area contributed by atoms with E-state index in [2.05, 4.69) is 16.2 Å². The zero-order valence-corrected chi connectivity index (χ0v) is 14.6. The molecule has 0 bridgehead atoms. The number of carbonyl (C=O) groups excluding carboxylic acids is 1. The van der Waals surface area contributed by atoms with Crippen LogP contribution in [0.4, 0.5) is 4.39 Å². The first-order valence-corrected chi connectivity index (χ1v) is 8.55. The number of benzene rings is 2. The van der Waals surface area contributed by atoms with E-state index in [0.717, 1.165) is 5.56 Å². The van der Waals surface area contributed by atoms with Gasteiger partial charge in [-0.25, -0.2) is 9.82 Å². The number of hydrogen-bond acceptors (Lipinski definition) is 3. The molecule has 1 saturated heterocycles. The molecule has 0 spiro atoms. The molecule has 0 radical (unpaired) electrons. The first-order chi connectivity index (χ1) is 12.0. The number of hydrogen-bond donors (Lipinski definition) is 3. The monoisotopic (exact) mass is 341 g/mol. The Morgan fingerprint density at radius 2 is 1.84 bits per heavy atom. The molecule has 3 rings (SSSR count). The molecule has 1 aliphatic heterocycles. The summed E-state index contributed by atoms with van der Waals surface area (Å²) in [6, 6.07) is 16.5. The van der Waals surface area contributed by atoms with Crippen molar-refractivity contribution in [2.45, 2.75) is 25.3 Å². The summed E-state index contributed by atoms with van der Waals surface area (Å²) in [5.74, 6) is -0.484. The van der Waals surface area contributed by atoms with Crippen LogP contribution < -0.4 is 16.2 Å². The predicted octanol–water partition coefficient (Wildman–Crippen LogP) is 2.68. The Hall–Kier alpha value is -2.24. The SMILES string of the molecule is CC(C)(CNC(=O)C1CNNC1c1ccccc1)c1ccccc1F. The smallest absolute Gasteiger partial charge is 0.226 e. The highest BCUT2D eigenvalue weighted by Crippen LogP contribution is 2.27. The van der Waals surface area contributed by atoms with Crippen molar-refractivity contribution in [2.24, 2.45) is 5.92 Å². The molecule has 2 atom stereocenters. The number of halogens is 1. The molecule has 2 unspecified atom stereocenters. The number of carbonyl (C=O) groups is 1. The summed E-state index contributed by atoms with van der Waals surface area (Å²) >= 11 is 0. The lowest BCUT2D eigenvalue weighted by atomic mass is 9.84. The van der Waals surface area contributed by atoms with Crippen LogP contribution in [-0.4, -0.2) is 19.0 Å². The van der Waals surface area contributed by atoms with E-state index in [9.17, 15) is 9.18 Å². The van der Waals surface area contributed by atoms with Crippen molar-refractivity contribution in [3.05, 3.63) is 71.5 Å². The van der Waals surface area contributed by atoms with Crippen LogP contribution >= 0.6 is 0 Å². The summed E-state index contributed by atoms with van der Waals surface area (Å²) in [6.07, 6.45) is 0. The molecule has 1 amide bonds. The lowest BCUT2D eigenvalue weighted by molar-refractivity contribution is -0.125. The van der Waals surface area contributed by atoms with E-state index in [-0.39, 0.29) is 23.7 Å². The fraction of sp³-hybridized carbons (Fsp3) is 0.350. The Morgan fingerprint density at radius 3 is 2.56 bits per heavy atom. The van der Waals surface area contributed by atoms with Gasteiger partial charge < -0.3 is 5.32 Å². The molecular weight excluding hydrogens is 317 g/mol. The molecule has 25 heavy (non-hydrogen) atoms. The van der Waals surface area contributed by atoms with Gasteiger partial charge in [-0.15, -0.1) is 0 Å². The average Bonchev–Trinajstić information content (AvgIpc) is 3.10. The van der Waals surface area contributed by atoms with Gasteiger partial charge in [0.1, 0.15) is 5.82 Å². The molecule has 5 heteroatoms. The Bertz CT molecular complexity index is 733. The third-order valence-corrected chi connectivity index (χ3v) is 4.78. The Kier molecular flexibility index (Phi) is 5.16. The van der Waals surface area contributed by atoms with Crippen LogP contribution in [0.1, 0.15) is 31.0 Å². The van der Waals surface area contributed by atoms with E-state index in [1.807, 2.05) is 50.2 Å². The summed E-state index contributed by atoms with van der Waals surface area (Å²) in [6.45, 7) is 4.81. The fourth-order valence-electron chi connectivity index (χ4n) is 3.26. The minimum Gasteiger partial charge on any atom is -0.355 e. The van der Waals surface area contributed by atoms with E-state index in [4.69, 9.17) is 0 Å². The molecule has 1 aliphatic rings. The Balaban J connectivity index is 1.67. The second-order valence-electron chi connectivity index (χ2n) is 7.10. The van der Waals surface area contributed by atoms with E-state index in [1.54, 1.807) is 12.1 Å². The van der Waals surface area contributed by atoms with Crippen molar-refractivity contribution in [2.75, 3.05) is 13.1 Å². The number of nitrogens with one attached hydrogen (secondary N) is 3. The highest BCUT2D eigenvalue weighted by Gasteiger charge is 2.35. The number of amides is 1. The van der Waals surface area contributed by atoms with Crippen molar-refractivity contribution in [3.8, 4) is 0 Å². The summed E-state index contributed by atoms with van der Waals surface area (Å²) in [5.41, 5.74) is 7.44. The highest BCUT2D eigenvalue weighted by molar-refractivity contribution is 5.80. The van der Waals surface area contributed by atoms with Gasteiger partial charge in [0.05, 0.1) is 12.0 Å². The average molecular weight is 341 g/mol. The zero-order chi connectivity index (χ0) is 17.9. The van der Waals surface area contributed by atoms with Gasteiger partial charge in [0, 0.05) is 18.5 Å². The van der Waals surface area contributed by atoms with Crippen LogP contribution in [0.3, 0.4) is 0 Å². The quantitative estimate of drug-likeness (QED) is 0.784. The highest BCUT2D eigenvalue weighted by atomic mass is 19.1. The van der Waals surface area contributed by atoms with Crippen molar-refractivity contribution in [1.29, 1.82) is 0 Å². The first-order valence-electron chi connectivity index (χ1n) is 8.55. The van der Waals surface area contributed by atoms with E-state index in [0.29, 0.717) is 18.7 Å². The molecule has 2 aromatic rings. The molecule has 1 heterocycles. The molecule has 4 nitrogen and oxygen atoms in total. The number of hydrazine groups is 1. The first kappa shape index (κ1) is 17.6. The van der Waals surface area contributed by atoms with Gasteiger partial charge in [0.25, 0.3) is 0 Å². The van der Waals surface area contributed by atoms with Crippen LogP contribution in [0.2, 0.25) is 0 Å². The molecule has 1 fully saturated rings. The standard InChI is InChI=1S/C20H24FN3O/c1-20(2,16-10-6-7-11-17(16)21)13-22-19(25)15-12-23-24-18(15)14-8-4-3-5-9-14/h3-11,15,18,23-24H,12-13H2,1-2H3,(H,22,25). The molecule has 0 saturated carbocycles. The third kappa shape index (κ3) is 3.89. The van der Waals surface area contributed by atoms with E-state index < -0.39 is 5.41 Å². The molecule has 0 aromatic heterocycles. The maximum Gasteiger partial charge on any atom is 0.226 e. The second kappa shape index (κ2) is 7.33. The van der Waals surface area contributed by atoms with Crippen LogP contribution in [-0.2, 0) is 10.2 Å². The topological polar surface area (TPSA) is 53.2 Å². The minimum absolute atomic E-state index is 0.0317. The van der Waals surface area contributed by atoms with E-state index >= 15 is 0 Å². The number of rotatable bonds is 5. The Morgan fingerprint density at radius 1 is 1.16 bits per heavy atom. The van der Waals surface area contributed by atoms with Crippen LogP contribution in [0.25, 0.3) is 0 Å². The van der Waals surface area contributed by atoms with Gasteiger partial charge in [-0.3, -0.25) is 10.2 Å². The van der Waals surface area contributed by atoms with Gasteiger partial charge in [-0.05, 0) is 17.2 Å². The summed E-state index contributed by atoms with van der Waals surface area (Å²) in [4.78, 5) is 12.7. The predicted molar refractivity (Wildman–Crippen MR) is 96.2 cm³/mol. The third-order valence-electron chi connectivity index (χ3n) is 4.78. The van der Waals surface area contributed by atoms with E-state index in [1.165, 1.54) is 6.07 Å². The molecular formula is C20H24FN3O. The zero-order valence-electron chi connectivity index (χ0n) is 14.6.